The topological polar surface area (TPSA) is 27.7 Å². The molecule has 33 heteroatoms. The van der Waals surface area contributed by atoms with Crippen molar-refractivity contribution in [3.05, 3.63) is 0 Å². The van der Waals surface area contributed by atoms with Crippen LogP contribution in [-0.2, 0) is 7.56 Å². The quantitative estimate of drug-likeness (QED) is 0.101. The molecule has 3 nitrogen and oxygen atoms in total. The van der Waals surface area contributed by atoms with Gasteiger partial charge in [-0.1, -0.05) is 0 Å². The van der Waals surface area contributed by atoms with E-state index in [2.05, 4.69) is 7.56 Å². The van der Waals surface area contributed by atoms with E-state index < -0.39 is 141 Å². The number of halogens is 28. The third-order valence-corrected chi connectivity index (χ3v) is 36.4. The fourth-order valence-electron chi connectivity index (χ4n) is 4.10. The molecule has 0 radical (unpaired) electrons. The van der Waals surface area contributed by atoms with E-state index in [0.29, 0.717) is 0 Å². The van der Waals surface area contributed by atoms with Gasteiger partial charge in [-0.3, -0.25) is 0 Å². The van der Waals surface area contributed by atoms with Gasteiger partial charge in [0.25, 0.3) is 0 Å². The van der Waals surface area contributed by atoms with Crippen LogP contribution in [0, 0.1) is 0 Å². The SMILES string of the molecule is CC[O][Sn]([O][Sn]([O]CC)([C](F)(F)C(F)(F)CC(F)(F)F)[C](F)(F)C(F)(F)CC(F)(F)F)([C](F)(F)C(F)(F)CC(F)(F)F)[C](F)(F)C(F)(F)CC(F)(F)F. The molecule has 0 unspecified atom stereocenters. The van der Waals surface area contributed by atoms with Crippen LogP contribution in [-0.4, -0.2) is 116 Å². The molecule has 0 N–H and O–H groups in total. The van der Waals surface area contributed by atoms with Gasteiger partial charge in [0.05, 0.1) is 0 Å². The monoisotopic (exact) mass is 1080 g/mol. The summed E-state index contributed by atoms with van der Waals surface area (Å²) in [5.74, 6) is -31.4. The molecule has 0 aromatic heterocycles. The average Bonchev–Trinajstić information content (AvgIpc) is 2.81. The molecule has 0 aromatic carbocycles. The average molecular weight is 1080 g/mol. The molecule has 0 rings (SSSR count). The van der Waals surface area contributed by atoms with Crippen LogP contribution in [0.2, 0.25) is 0 Å². The minimum absolute atomic E-state index is 0.324. The zero-order valence-corrected chi connectivity index (χ0v) is 30.8. The second-order valence-corrected chi connectivity index (χ2v) is 30.8. The van der Waals surface area contributed by atoms with Crippen LogP contribution < -0.4 is 0 Å². The van der Waals surface area contributed by atoms with Crippen LogP contribution in [0.4, 0.5) is 123 Å². The molecule has 0 heterocycles. The standard InChI is InChI=1S/4C4H2F7.2C2H5O.O.2Sn/c4*5-2(6)3(7,8)1-4(9,10)11;2*1-2-3;;;/h4*1H2;2*2H2,1H3;;;/q;;;;2*-1;;2*+1. The summed E-state index contributed by atoms with van der Waals surface area (Å²) in [5.41, 5.74) is 0. The molecular formula is C20H18F28O3Sn2. The maximum absolute atomic E-state index is 15.6. The first-order valence-corrected chi connectivity index (χ1v) is 23.3. The third-order valence-electron chi connectivity index (χ3n) is 6.16. The van der Waals surface area contributed by atoms with E-state index in [-0.39, 0.29) is 13.8 Å². The number of hydrogen-bond donors (Lipinski definition) is 0. The third kappa shape index (κ3) is 10.5. The van der Waals surface area contributed by atoms with Crippen molar-refractivity contribution in [2.75, 3.05) is 13.2 Å². The van der Waals surface area contributed by atoms with E-state index in [4.69, 9.17) is 0 Å². The van der Waals surface area contributed by atoms with E-state index in [1.54, 1.807) is 0 Å². The Kier molecular flexibility index (Phi) is 15.2. The van der Waals surface area contributed by atoms with Gasteiger partial charge in [0.1, 0.15) is 0 Å². The number of rotatable bonds is 18. The van der Waals surface area contributed by atoms with Gasteiger partial charge < -0.3 is 0 Å². The Morgan fingerprint density at radius 3 is 0.566 bits per heavy atom. The van der Waals surface area contributed by atoms with Gasteiger partial charge in [-0.15, -0.1) is 0 Å². The molecule has 0 bridgehead atoms. The van der Waals surface area contributed by atoms with Crippen LogP contribution in [0.15, 0.2) is 0 Å². The van der Waals surface area contributed by atoms with Crippen LogP contribution in [0.5, 0.6) is 0 Å². The molecule has 53 heavy (non-hydrogen) atoms. The van der Waals surface area contributed by atoms with Crippen molar-refractivity contribution in [1.29, 1.82) is 0 Å². The summed E-state index contributed by atoms with van der Waals surface area (Å²) in [4.78, 5) is 0. The van der Waals surface area contributed by atoms with E-state index in [0.717, 1.165) is 0 Å². The van der Waals surface area contributed by atoms with Gasteiger partial charge in [0.15, 0.2) is 0 Å². The summed E-state index contributed by atoms with van der Waals surface area (Å²) in [6.07, 6.45) is -47.0. The Labute approximate surface area is 285 Å². The molecule has 0 saturated carbocycles. The molecule has 0 aliphatic rings. The van der Waals surface area contributed by atoms with Gasteiger partial charge in [0.2, 0.25) is 0 Å². The molecule has 0 spiro atoms. The van der Waals surface area contributed by atoms with E-state index >= 15 is 35.1 Å². The Balaban J connectivity index is 9.37. The fourth-order valence-corrected chi connectivity index (χ4v) is 40.0. The predicted molar refractivity (Wildman–Crippen MR) is 118 cm³/mol. The molecule has 0 aromatic rings. The predicted octanol–water partition coefficient (Wildman–Crippen LogP) is 11.0. The Morgan fingerprint density at radius 1 is 0.302 bits per heavy atom. The summed E-state index contributed by atoms with van der Waals surface area (Å²) in [6, 6.07) is 0. The fraction of sp³-hybridized carbons (Fsp3) is 1.00. The first-order chi connectivity index (χ1) is 22.7. The summed E-state index contributed by atoms with van der Waals surface area (Å²) in [6.45, 7) is -6.16. The summed E-state index contributed by atoms with van der Waals surface area (Å²) in [7, 11) is 0. The van der Waals surface area contributed by atoms with Gasteiger partial charge in [-0.2, -0.15) is 0 Å². The van der Waals surface area contributed by atoms with Gasteiger partial charge >= 0.3 is 286 Å². The van der Waals surface area contributed by atoms with Gasteiger partial charge in [0, 0.05) is 0 Å². The first-order valence-electron chi connectivity index (χ1n) is 12.9. The second-order valence-electron chi connectivity index (χ2n) is 10.5. The van der Waals surface area contributed by atoms with Crippen molar-refractivity contribution in [3.8, 4) is 0 Å². The molecule has 0 aliphatic carbocycles. The van der Waals surface area contributed by atoms with Crippen molar-refractivity contribution in [3.63, 3.8) is 0 Å². The van der Waals surface area contributed by atoms with Crippen molar-refractivity contribution in [2.45, 2.75) is 104 Å². The molecule has 320 valence electrons. The molecule has 0 aliphatic heterocycles. The number of alkyl halides is 28. The first kappa shape index (κ1) is 52.5. The molecule has 0 saturated heterocycles. The zero-order valence-electron chi connectivity index (χ0n) is 25.1. The van der Waals surface area contributed by atoms with Crippen molar-refractivity contribution in [2.24, 2.45) is 0 Å². The van der Waals surface area contributed by atoms with E-state index in [1.165, 1.54) is 0 Å². The van der Waals surface area contributed by atoms with Crippen LogP contribution >= 0.6 is 0 Å². The Bertz CT molecular complexity index is 1050. The van der Waals surface area contributed by atoms with Crippen LogP contribution in [0.3, 0.4) is 0 Å². The van der Waals surface area contributed by atoms with Gasteiger partial charge in [-0.25, -0.2) is 0 Å². The van der Waals surface area contributed by atoms with Crippen molar-refractivity contribution < 1.29 is 130 Å². The summed E-state index contributed by atoms with van der Waals surface area (Å²) >= 11 is -24.0. The molecule has 0 atom stereocenters. The van der Waals surface area contributed by atoms with E-state index in [9.17, 15) is 87.8 Å². The van der Waals surface area contributed by atoms with Crippen molar-refractivity contribution >= 4 is 38.4 Å². The zero-order chi connectivity index (χ0) is 43.4. The normalized spacial score (nSPS) is 16.4. The minimum atomic E-state index is -12.0. The maximum atomic E-state index is 15.6. The van der Waals surface area contributed by atoms with Crippen LogP contribution in [0.1, 0.15) is 39.5 Å². The van der Waals surface area contributed by atoms with Crippen LogP contribution in [0.25, 0.3) is 0 Å². The molecule has 0 amide bonds. The second kappa shape index (κ2) is 15.4. The Morgan fingerprint density at radius 2 is 0.453 bits per heavy atom. The molecular weight excluding hydrogens is 1060 g/mol. The number of hydrogen-bond acceptors (Lipinski definition) is 3. The van der Waals surface area contributed by atoms with Gasteiger partial charge in [-0.05, 0) is 0 Å². The van der Waals surface area contributed by atoms with E-state index in [1.807, 2.05) is 0 Å². The van der Waals surface area contributed by atoms with Crippen molar-refractivity contribution in [1.82, 2.24) is 0 Å². The summed E-state index contributed by atoms with van der Waals surface area (Å²) in [5, 5.41) is 0. The molecule has 0 fully saturated rings. The summed E-state index contributed by atoms with van der Waals surface area (Å²) < 4.78 is 372. The Hall–Kier alpha value is -0.483.